The van der Waals surface area contributed by atoms with Gasteiger partial charge in [-0.3, -0.25) is 4.90 Å². The lowest BCUT2D eigenvalue weighted by Crippen LogP contribution is -2.66. The second kappa shape index (κ2) is 5.27. The highest BCUT2D eigenvalue weighted by Crippen LogP contribution is 2.29. The van der Waals surface area contributed by atoms with E-state index in [1.807, 2.05) is 0 Å². The number of rotatable bonds is 3. The zero-order valence-corrected chi connectivity index (χ0v) is 12.9. The molecule has 1 saturated heterocycles. The highest BCUT2D eigenvalue weighted by molar-refractivity contribution is 4.98. The van der Waals surface area contributed by atoms with E-state index in [-0.39, 0.29) is 5.54 Å². The van der Waals surface area contributed by atoms with Gasteiger partial charge in [0.05, 0.1) is 0 Å². The maximum absolute atomic E-state index is 3.73. The van der Waals surface area contributed by atoms with Gasteiger partial charge in [-0.05, 0) is 32.6 Å². The lowest BCUT2D eigenvalue weighted by atomic mass is 9.82. The Kier molecular flexibility index (Phi) is 4.65. The summed E-state index contributed by atoms with van der Waals surface area (Å²) in [5.74, 6) is 0. The molecule has 0 aromatic rings. The Labute approximate surface area is 108 Å². The van der Waals surface area contributed by atoms with E-state index in [4.69, 9.17) is 0 Å². The second-order valence-electron chi connectivity index (χ2n) is 7.40. The summed E-state index contributed by atoms with van der Waals surface area (Å²) in [5, 5.41) is 3.73. The van der Waals surface area contributed by atoms with Crippen LogP contribution in [0.25, 0.3) is 0 Å². The van der Waals surface area contributed by atoms with Crippen LogP contribution >= 0.6 is 0 Å². The van der Waals surface area contributed by atoms with Crippen molar-refractivity contribution in [2.45, 2.75) is 78.9 Å². The number of hydrogen-bond acceptors (Lipinski definition) is 2. The molecule has 1 aliphatic rings. The summed E-state index contributed by atoms with van der Waals surface area (Å²) in [6, 6.07) is 1.30. The third-order valence-corrected chi connectivity index (χ3v) is 4.22. The summed E-state index contributed by atoms with van der Waals surface area (Å²) in [5.41, 5.74) is 0.636. The first-order valence-electron chi connectivity index (χ1n) is 7.18. The minimum absolute atomic E-state index is 0.288. The van der Waals surface area contributed by atoms with Gasteiger partial charge in [-0.25, -0.2) is 0 Å². The van der Waals surface area contributed by atoms with E-state index in [9.17, 15) is 0 Å². The van der Waals surface area contributed by atoms with Crippen molar-refractivity contribution >= 4 is 0 Å². The molecule has 2 heteroatoms. The van der Waals surface area contributed by atoms with Crippen molar-refractivity contribution in [2.24, 2.45) is 5.41 Å². The normalized spacial score (nSPS) is 28.1. The fourth-order valence-corrected chi connectivity index (χ4v) is 2.91. The smallest absolute Gasteiger partial charge is 0.0281 e. The monoisotopic (exact) mass is 240 g/mol. The second-order valence-corrected chi connectivity index (χ2v) is 7.40. The summed E-state index contributed by atoms with van der Waals surface area (Å²) in [6.07, 6.45) is 2.58. The molecule has 1 heterocycles. The molecule has 17 heavy (non-hydrogen) atoms. The fourth-order valence-electron chi connectivity index (χ4n) is 2.91. The Morgan fingerprint density at radius 3 is 2.41 bits per heavy atom. The molecular weight excluding hydrogens is 208 g/mol. The third kappa shape index (κ3) is 3.69. The molecule has 0 amide bonds. The Hall–Kier alpha value is -0.0800. The van der Waals surface area contributed by atoms with Crippen molar-refractivity contribution in [3.8, 4) is 0 Å². The Bertz CT molecular complexity index is 240. The molecular formula is C15H32N2. The molecule has 1 rings (SSSR count). The highest BCUT2D eigenvalue weighted by Gasteiger charge is 2.39. The maximum atomic E-state index is 3.73. The van der Waals surface area contributed by atoms with Crippen LogP contribution in [0, 0.1) is 5.41 Å². The van der Waals surface area contributed by atoms with Crippen LogP contribution in [0.3, 0.4) is 0 Å². The van der Waals surface area contributed by atoms with E-state index < -0.39 is 0 Å². The van der Waals surface area contributed by atoms with E-state index in [1.54, 1.807) is 0 Å². The summed E-state index contributed by atoms with van der Waals surface area (Å²) in [6.45, 7) is 18.7. The Morgan fingerprint density at radius 1 is 1.35 bits per heavy atom. The van der Waals surface area contributed by atoms with Gasteiger partial charge in [0.2, 0.25) is 0 Å². The summed E-state index contributed by atoms with van der Waals surface area (Å²) in [4.78, 5) is 2.71. The lowest BCUT2D eigenvalue weighted by molar-refractivity contribution is 0.00464. The number of nitrogens with zero attached hydrogens (tertiary/aromatic N) is 1. The largest absolute Gasteiger partial charge is 0.310 e. The van der Waals surface area contributed by atoms with Gasteiger partial charge in [0.25, 0.3) is 0 Å². The van der Waals surface area contributed by atoms with E-state index >= 15 is 0 Å². The van der Waals surface area contributed by atoms with Gasteiger partial charge in [0.1, 0.15) is 0 Å². The van der Waals surface area contributed by atoms with Gasteiger partial charge in [-0.15, -0.1) is 0 Å². The zero-order valence-electron chi connectivity index (χ0n) is 12.9. The standard InChI is InChI=1S/C15H32N2/c1-8-9-12(2)17-10-13(14(3,4)5)16-11-15(17,6)7/h12-13,16H,8-11H2,1-7H3. The van der Waals surface area contributed by atoms with Crippen molar-refractivity contribution in [2.75, 3.05) is 13.1 Å². The van der Waals surface area contributed by atoms with Gasteiger partial charge in [-0.1, -0.05) is 34.1 Å². The minimum atomic E-state index is 0.288. The molecule has 2 nitrogen and oxygen atoms in total. The van der Waals surface area contributed by atoms with Gasteiger partial charge >= 0.3 is 0 Å². The van der Waals surface area contributed by atoms with Gasteiger partial charge in [0, 0.05) is 30.7 Å². The average Bonchev–Trinajstić information content (AvgIpc) is 2.15. The van der Waals surface area contributed by atoms with Gasteiger partial charge < -0.3 is 5.32 Å². The Morgan fingerprint density at radius 2 is 1.94 bits per heavy atom. The number of piperazine rings is 1. The maximum Gasteiger partial charge on any atom is 0.0281 e. The van der Waals surface area contributed by atoms with Crippen molar-refractivity contribution in [1.82, 2.24) is 10.2 Å². The van der Waals surface area contributed by atoms with Crippen molar-refractivity contribution < 1.29 is 0 Å². The van der Waals surface area contributed by atoms with E-state index in [0.29, 0.717) is 17.5 Å². The molecule has 0 aliphatic carbocycles. The fraction of sp³-hybridized carbons (Fsp3) is 1.00. The molecule has 0 radical (unpaired) electrons. The van der Waals surface area contributed by atoms with Gasteiger partial charge in [0.15, 0.2) is 0 Å². The molecule has 0 aromatic heterocycles. The lowest BCUT2D eigenvalue weighted by Gasteiger charge is -2.52. The van der Waals surface area contributed by atoms with Crippen molar-refractivity contribution in [1.29, 1.82) is 0 Å². The van der Waals surface area contributed by atoms with Crippen LogP contribution in [0.1, 0.15) is 61.3 Å². The molecule has 0 bridgehead atoms. The number of nitrogens with one attached hydrogen (secondary N) is 1. The summed E-state index contributed by atoms with van der Waals surface area (Å²) in [7, 11) is 0. The molecule has 2 unspecified atom stereocenters. The first-order chi connectivity index (χ1) is 7.68. The van der Waals surface area contributed by atoms with Crippen LogP contribution in [-0.2, 0) is 0 Å². The molecule has 102 valence electrons. The predicted molar refractivity (Wildman–Crippen MR) is 76.4 cm³/mol. The van der Waals surface area contributed by atoms with Crippen molar-refractivity contribution in [3.63, 3.8) is 0 Å². The molecule has 1 N–H and O–H groups in total. The van der Waals surface area contributed by atoms with Crippen LogP contribution in [0.5, 0.6) is 0 Å². The molecule has 1 fully saturated rings. The van der Waals surface area contributed by atoms with Crippen LogP contribution < -0.4 is 5.32 Å². The molecule has 2 atom stereocenters. The van der Waals surface area contributed by atoms with Crippen LogP contribution in [0.15, 0.2) is 0 Å². The van der Waals surface area contributed by atoms with Crippen LogP contribution in [0.4, 0.5) is 0 Å². The van der Waals surface area contributed by atoms with E-state index in [1.165, 1.54) is 19.4 Å². The van der Waals surface area contributed by atoms with E-state index in [2.05, 4.69) is 58.7 Å². The summed E-state index contributed by atoms with van der Waals surface area (Å²) >= 11 is 0. The molecule has 0 spiro atoms. The topological polar surface area (TPSA) is 15.3 Å². The third-order valence-electron chi connectivity index (χ3n) is 4.22. The molecule has 1 aliphatic heterocycles. The van der Waals surface area contributed by atoms with E-state index in [0.717, 1.165) is 6.54 Å². The average molecular weight is 240 g/mol. The highest BCUT2D eigenvalue weighted by atomic mass is 15.3. The SMILES string of the molecule is CCCC(C)N1CC(C(C)(C)C)NCC1(C)C. The quantitative estimate of drug-likeness (QED) is 0.814. The predicted octanol–water partition coefficient (Wildman–Crippen LogP) is 3.27. The van der Waals surface area contributed by atoms with Crippen LogP contribution in [0.2, 0.25) is 0 Å². The van der Waals surface area contributed by atoms with Gasteiger partial charge in [-0.2, -0.15) is 0 Å². The Balaban J connectivity index is 2.76. The first kappa shape index (κ1) is 15.0. The summed E-state index contributed by atoms with van der Waals surface area (Å²) < 4.78 is 0. The molecule has 0 saturated carbocycles. The van der Waals surface area contributed by atoms with Crippen molar-refractivity contribution in [3.05, 3.63) is 0 Å². The minimum Gasteiger partial charge on any atom is -0.310 e. The first-order valence-corrected chi connectivity index (χ1v) is 7.18. The number of hydrogen-bond donors (Lipinski definition) is 1. The molecule has 0 aromatic carbocycles. The van der Waals surface area contributed by atoms with Crippen LogP contribution in [-0.4, -0.2) is 35.6 Å². The zero-order chi connectivity index (χ0) is 13.3.